The van der Waals surface area contributed by atoms with Crippen molar-refractivity contribution in [3.63, 3.8) is 0 Å². The molecule has 0 atom stereocenters. The van der Waals surface area contributed by atoms with Crippen LogP contribution in [0.4, 0.5) is 11.4 Å². The molecule has 0 radical (unpaired) electrons. The van der Waals surface area contributed by atoms with Crippen LogP contribution in [0.5, 0.6) is 5.75 Å². The molecule has 126 valence electrons. The third kappa shape index (κ3) is 2.40. The van der Waals surface area contributed by atoms with E-state index in [2.05, 4.69) is 10.2 Å². The predicted octanol–water partition coefficient (Wildman–Crippen LogP) is 2.44. The Kier molecular flexibility index (Phi) is 3.58. The number of aromatic amines is 1. The number of carbonyl (C=O) groups is 1. The van der Waals surface area contributed by atoms with Crippen LogP contribution < -0.4 is 15.3 Å². The minimum Gasteiger partial charge on any atom is -0.495 e. The van der Waals surface area contributed by atoms with Crippen LogP contribution in [0.2, 0.25) is 5.02 Å². The second-order valence-electron chi connectivity index (χ2n) is 5.49. The van der Waals surface area contributed by atoms with Crippen molar-refractivity contribution >= 4 is 28.9 Å². The summed E-state index contributed by atoms with van der Waals surface area (Å²) in [4.78, 5) is 26.7. The number of aromatic nitrogens is 3. The van der Waals surface area contributed by atoms with Crippen molar-refractivity contribution < 1.29 is 9.53 Å². The van der Waals surface area contributed by atoms with Gasteiger partial charge < -0.3 is 4.74 Å². The average molecular weight is 357 g/mol. The van der Waals surface area contributed by atoms with Gasteiger partial charge in [0.1, 0.15) is 11.6 Å². The molecule has 0 spiro atoms. The summed E-state index contributed by atoms with van der Waals surface area (Å²) in [7, 11) is 1.54. The number of benzene rings is 2. The van der Waals surface area contributed by atoms with Crippen molar-refractivity contribution in [3.05, 3.63) is 63.8 Å². The van der Waals surface area contributed by atoms with Gasteiger partial charge in [-0.3, -0.25) is 9.69 Å². The molecule has 3 aromatic rings. The second kappa shape index (κ2) is 5.78. The number of H-pyrrole nitrogens is 1. The van der Waals surface area contributed by atoms with E-state index in [1.807, 2.05) is 12.1 Å². The van der Waals surface area contributed by atoms with Gasteiger partial charge >= 0.3 is 5.69 Å². The third-order valence-corrected chi connectivity index (χ3v) is 4.28. The zero-order valence-corrected chi connectivity index (χ0v) is 13.9. The van der Waals surface area contributed by atoms with E-state index >= 15 is 0 Å². The average Bonchev–Trinajstić information content (AvgIpc) is 2.90. The molecule has 4 rings (SSSR count). The van der Waals surface area contributed by atoms with Crippen molar-refractivity contribution in [2.75, 3.05) is 12.0 Å². The third-order valence-electron chi connectivity index (χ3n) is 4.05. The number of rotatable bonds is 2. The van der Waals surface area contributed by atoms with Gasteiger partial charge in [-0.05, 0) is 30.3 Å². The first-order valence-electron chi connectivity index (χ1n) is 7.52. The first-order chi connectivity index (χ1) is 12.1. The summed E-state index contributed by atoms with van der Waals surface area (Å²) in [5.41, 5.74) is 1.17. The molecule has 25 heavy (non-hydrogen) atoms. The molecule has 0 unspecified atom stereocenters. The van der Waals surface area contributed by atoms with Gasteiger partial charge in [0.15, 0.2) is 0 Å². The zero-order valence-electron chi connectivity index (χ0n) is 13.2. The summed E-state index contributed by atoms with van der Waals surface area (Å²) in [6, 6.07) is 12.2. The highest BCUT2D eigenvalue weighted by atomic mass is 35.5. The SMILES string of the molecule is COc1ccccc1N1C(=O)Cc2n[nH]c(=O)n2-c2ccc(Cl)cc21. The number of ether oxygens (including phenoxy) is 1. The summed E-state index contributed by atoms with van der Waals surface area (Å²) in [6.07, 6.45) is -0.0386. The lowest BCUT2D eigenvalue weighted by Gasteiger charge is -2.24. The fourth-order valence-corrected chi connectivity index (χ4v) is 3.15. The van der Waals surface area contributed by atoms with E-state index in [-0.39, 0.29) is 12.3 Å². The topological polar surface area (TPSA) is 80.2 Å². The minimum atomic E-state index is -0.409. The van der Waals surface area contributed by atoms with E-state index < -0.39 is 5.69 Å². The highest BCUT2D eigenvalue weighted by molar-refractivity contribution is 6.31. The quantitative estimate of drug-likeness (QED) is 0.764. The zero-order chi connectivity index (χ0) is 17.6. The van der Waals surface area contributed by atoms with Crippen LogP contribution in [-0.2, 0) is 11.2 Å². The lowest BCUT2D eigenvalue weighted by atomic mass is 10.2. The molecule has 1 amide bonds. The number of anilines is 2. The van der Waals surface area contributed by atoms with E-state index in [9.17, 15) is 9.59 Å². The van der Waals surface area contributed by atoms with Crippen molar-refractivity contribution in [2.45, 2.75) is 6.42 Å². The maximum Gasteiger partial charge on any atom is 0.348 e. The van der Waals surface area contributed by atoms with Crippen LogP contribution in [0.3, 0.4) is 0 Å². The fourth-order valence-electron chi connectivity index (χ4n) is 2.99. The maximum atomic E-state index is 13.0. The number of fused-ring (bicyclic) bond motifs is 3. The fraction of sp³-hybridized carbons (Fsp3) is 0.118. The number of nitrogens with zero attached hydrogens (tertiary/aromatic N) is 3. The van der Waals surface area contributed by atoms with Crippen LogP contribution in [0.15, 0.2) is 47.3 Å². The van der Waals surface area contributed by atoms with Crippen molar-refractivity contribution in [1.82, 2.24) is 14.8 Å². The number of methoxy groups -OCH3 is 1. The monoisotopic (exact) mass is 356 g/mol. The van der Waals surface area contributed by atoms with E-state index in [0.29, 0.717) is 33.7 Å². The van der Waals surface area contributed by atoms with Gasteiger partial charge in [-0.2, -0.15) is 5.10 Å². The molecule has 0 saturated heterocycles. The van der Waals surface area contributed by atoms with Crippen molar-refractivity contribution in [2.24, 2.45) is 0 Å². The number of hydrogen-bond donors (Lipinski definition) is 1. The minimum absolute atomic E-state index is 0.0386. The Bertz CT molecular complexity index is 1040. The van der Waals surface area contributed by atoms with Gasteiger partial charge in [0.2, 0.25) is 5.91 Å². The van der Waals surface area contributed by atoms with Crippen molar-refractivity contribution in [1.29, 1.82) is 0 Å². The van der Waals surface area contributed by atoms with Gasteiger partial charge in [0.05, 0.1) is 30.6 Å². The van der Waals surface area contributed by atoms with Crippen LogP contribution in [0.1, 0.15) is 5.82 Å². The van der Waals surface area contributed by atoms with E-state index in [0.717, 1.165) is 0 Å². The molecule has 1 aromatic heterocycles. The summed E-state index contributed by atoms with van der Waals surface area (Å²) >= 11 is 6.16. The lowest BCUT2D eigenvalue weighted by molar-refractivity contribution is -0.117. The van der Waals surface area contributed by atoms with Gasteiger partial charge in [0.25, 0.3) is 0 Å². The van der Waals surface area contributed by atoms with Crippen LogP contribution >= 0.6 is 11.6 Å². The van der Waals surface area contributed by atoms with E-state index in [1.165, 1.54) is 16.6 Å². The molecule has 7 nitrogen and oxygen atoms in total. The Morgan fingerprint density at radius 2 is 1.92 bits per heavy atom. The molecule has 2 heterocycles. The number of amides is 1. The highest BCUT2D eigenvalue weighted by Crippen LogP contribution is 2.39. The number of nitrogens with one attached hydrogen (secondary N) is 1. The number of para-hydroxylation sites is 2. The Morgan fingerprint density at radius 1 is 1.12 bits per heavy atom. The molecule has 0 bridgehead atoms. The molecule has 1 aliphatic heterocycles. The van der Waals surface area contributed by atoms with Gasteiger partial charge in [-0.15, -0.1) is 0 Å². The Labute approximate surface area is 147 Å². The summed E-state index contributed by atoms with van der Waals surface area (Å²) in [5.74, 6) is 0.636. The Hall–Kier alpha value is -3.06. The van der Waals surface area contributed by atoms with Gasteiger partial charge in [0, 0.05) is 5.02 Å². The molecule has 0 aliphatic carbocycles. The maximum absolute atomic E-state index is 13.0. The Balaban J connectivity index is 2.04. The number of hydrogen-bond acceptors (Lipinski definition) is 4. The molecule has 0 fully saturated rings. The normalized spacial score (nSPS) is 13.2. The largest absolute Gasteiger partial charge is 0.495 e. The lowest BCUT2D eigenvalue weighted by Crippen LogP contribution is -2.27. The van der Waals surface area contributed by atoms with Crippen LogP contribution in [-0.4, -0.2) is 27.8 Å². The molecular weight excluding hydrogens is 344 g/mol. The molecular formula is C17H13ClN4O3. The highest BCUT2D eigenvalue weighted by Gasteiger charge is 2.31. The smallest absolute Gasteiger partial charge is 0.348 e. The molecule has 1 aliphatic rings. The first kappa shape index (κ1) is 15.5. The molecule has 0 saturated carbocycles. The summed E-state index contributed by atoms with van der Waals surface area (Å²) in [6.45, 7) is 0. The number of carbonyl (C=O) groups excluding carboxylic acids is 1. The second-order valence-corrected chi connectivity index (χ2v) is 5.93. The number of halogens is 1. The van der Waals surface area contributed by atoms with Crippen LogP contribution in [0.25, 0.3) is 5.69 Å². The standard InChI is InChI=1S/C17H13ClN4O3/c1-25-14-5-3-2-4-12(14)21-13-8-10(18)6-7-11(13)22-15(9-16(21)23)19-20-17(22)24/h2-8H,9H2,1H3,(H,20,24). The first-order valence-corrected chi connectivity index (χ1v) is 7.90. The van der Waals surface area contributed by atoms with Gasteiger partial charge in [-0.25, -0.2) is 14.5 Å². The van der Waals surface area contributed by atoms with Crippen molar-refractivity contribution in [3.8, 4) is 11.4 Å². The van der Waals surface area contributed by atoms with Gasteiger partial charge in [-0.1, -0.05) is 23.7 Å². The molecule has 2 aromatic carbocycles. The summed E-state index contributed by atoms with van der Waals surface area (Å²) < 4.78 is 6.79. The summed E-state index contributed by atoms with van der Waals surface area (Å²) in [5, 5.41) is 6.81. The van der Waals surface area contributed by atoms with Crippen LogP contribution in [0, 0.1) is 0 Å². The Morgan fingerprint density at radius 3 is 2.72 bits per heavy atom. The van der Waals surface area contributed by atoms with E-state index in [4.69, 9.17) is 16.3 Å². The molecule has 1 N–H and O–H groups in total. The molecule has 8 heteroatoms. The van der Waals surface area contributed by atoms with E-state index in [1.54, 1.807) is 30.3 Å². The predicted molar refractivity (Wildman–Crippen MR) is 93.0 cm³/mol.